The van der Waals surface area contributed by atoms with Crippen molar-refractivity contribution in [3.05, 3.63) is 53.6 Å². The predicted octanol–water partition coefficient (Wildman–Crippen LogP) is 3.19. The van der Waals surface area contributed by atoms with Crippen molar-refractivity contribution in [2.24, 2.45) is 0 Å². The van der Waals surface area contributed by atoms with Gasteiger partial charge >= 0.3 is 0 Å². The van der Waals surface area contributed by atoms with Gasteiger partial charge in [0.15, 0.2) is 11.5 Å². The minimum Gasteiger partial charge on any atom is -0.493 e. The van der Waals surface area contributed by atoms with Gasteiger partial charge in [-0.05, 0) is 36.2 Å². The molecule has 110 valence electrons. The van der Waals surface area contributed by atoms with Gasteiger partial charge in [0.2, 0.25) is 5.91 Å². The van der Waals surface area contributed by atoms with E-state index in [2.05, 4.69) is 5.32 Å². The third-order valence-corrected chi connectivity index (χ3v) is 3.23. The highest BCUT2D eigenvalue weighted by atomic mass is 16.5. The second-order valence-electron chi connectivity index (χ2n) is 4.73. The largest absolute Gasteiger partial charge is 0.493 e. The van der Waals surface area contributed by atoms with Crippen LogP contribution in [0.25, 0.3) is 0 Å². The zero-order valence-corrected chi connectivity index (χ0v) is 12.5. The summed E-state index contributed by atoms with van der Waals surface area (Å²) in [4.78, 5) is 12.1. The molecular formula is C17H19NO3. The van der Waals surface area contributed by atoms with Crippen molar-refractivity contribution in [3.63, 3.8) is 0 Å². The van der Waals surface area contributed by atoms with Crippen molar-refractivity contribution >= 4 is 11.6 Å². The van der Waals surface area contributed by atoms with E-state index in [0.717, 1.165) is 16.8 Å². The lowest BCUT2D eigenvalue weighted by atomic mass is 10.1. The van der Waals surface area contributed by atoms with Crippen molar-refractivity contribution in [2.45, 2.75) is 13.3 Å². The summed E-state index contributed by atoms with van der Waals surface area (Å²) in [7, 11) is 3.16. The second-order valence-corrected chi connectivity index (χ2v) is 4.73. The molecule has 0 saturated carbocycles. The molecule has 0 aromatic heterocycles. The fraction of sp³-hybridized carbons (Fsp3) is 0.235. The third kappa shape index (κ3) is 3.75. The molecule has 4 nitrogen and oxygen atoms in total. The van der Waals surface area contributed by atoms with Crippen molar-refractivity contribution in [1.82, 2.24) is 0 Å². The average Bonchev–Trinajstić information content (AvgIpc) is 2.49. The fourth-order valence-corrected chi connectivity index (χ4v) is 2.08. The molecule has 1 N–H and O–H groups in total. The number of methoxy groups -OCH3 is 2. The lowest BCUT2D eigenvalue weighted by Gasteiger charge is -2.11. The van der Waals surface area contributed by atoms with Crippen LogP contribution in [-0.4, -0.2) is 20.1 Å². The Morgan fingerprint density at radius 2 is 1.76 bits per heavy atom. The molecule has 1 amide bonds. The van der Waals surface area contributed by atoms with E-state index in [0.29, 0.717) is 11.5 Å². The van der Waals surface area contributed by atoms with Gasteiger partial charge in [-0.25, -0.2) is 0 Å². The molecule has 0 heterocycles. The normalized spacial score (nSPS) is 10.0. The Morgan fingerprint density at radius 3 is 2.43 bits per heavy atom. The Kier molecular flexibility index (Phi) is 4.82. The summed E-state index contributed by atoms with van der Waals surface area (Å²) >= 11 is 0. The van der Waals surface area contributed by atoms with Crippen molar-refractivity contribution in [3.8, 4) is 11.5 Å². The van der Waals surface area contributed by atoms with Crippen molar-refractivity contribution in [1.29, 1.82) is 0 Å². The summed E-state index contributed by atoms with van der Waals surface area (Å²) in [6.45, 7) is 1.96. The molecule has 0 aliphatic carbocycles. The molecule has 0 saturated heterocycles. The summed E-state index contributed by atoms with van der Waals surface area (Å²) < 4.78 is 10.4. The van der Waals surface area contributed by atoms with Gasteiger partial charge in [-0.15, -0.1) is 0 Å². The number of aryl methyl sites for hydroxylation is 1. The molecule has 0 fully saturated rings. The summed E-state index contributed by atoms with van der Waals surface area (Å²) in [5.74, 6) is 1.22. The maximum Gasteiger partial charge on any atom is 0.228 e. The quantitative estimate of drug-likeness (QED) is 0.917. The van der Waals surface area contributed by atoms with Gasteiger partial charge in [0.25, 0.3) is 0 Å². The number of carbonyl (C=O) groups is 1. The molecule has 2 rings (SSSR count). The van der Waals surface area contributed by atoms with Crippen LogP contribution in [0, 0.1) is 6.92 Å². The van der Waals surface area contributed by atoms with Gasteiger partial charge in [-0.1, -0.05) is 24.3 Å². The van der Waals surface area contributed by atoms with Gasteiger partial charge in [-0.3, -0.25) is 4.79 Å². The van der Waals surface area contributed by atoms with Crippen LogP contribution >= 0.6 is 0 Å². The van der Waals surface area contributed by atoms with Gasteiger partial charge in [0.1, 0.15) is 0 Å². The standard InChI is InChI=1S/C17H19NO3/c1-12-6-4-5-7-14(12)18-17(19)11-13-8-9-15(20-2)16(10-13)21-3/h4-10H,11H2,1-3H3,(H,18,19). The van der Waals surface area contributed by atoms with Crippen molar-refractivity contribution in [2.75, 3.05) is 19.5 Å². The minimum absolute atomic E-state index is 0.0588. The zero-order chi connectivity index (χ0) is 15.2. The number of hydrogen-bond acceptors (Lipinski definition) is 3. The summed E-state index contributed by atoms with van der Waals surface area (Å²) in [6.07, 6.45) is 0.286. The Morgan fingerprint density at radius 1 is 1.05 bits per heavy atom. The molecule has 4 heteroatoms. The maximum atomic E-state index is 12.1. The molecule has 2 aromatic rings. The van der Waals surface area contributed by atoms with Crippen LogP contribution in [0.4, 0.5) is 5.69 Å². The molecule has 21 heavy (non-hydrogen) atoms. The topological polar surface area (TPSA) is 47.6 Å². The summed E-state index contributed by atoms with van der Waals surface area (Å²) in [6, 6.07) is 13.2. The lowest BCUT2D eigenvalue weighted by molar-refractivity contribution is -0.115. The smallest absolute Gasteiger partial charge is 0.228 e. The zero-order valence-electron chi connectivity index (χ0n) is 12.5. The third-order valence-electron chi connectivity index (χ3n) is 3.23. The minimum atomic E-state index is -0.0588. The molecule has 0 spiro atoms. The number of carbonyl (C=O) groups excluding carboxylic acids is 1. The van der Waals surface area contributed by atoms with Gasteiger partial charge < -0.3 is 14.8 Å². The van der Waals surface area contributed by atoms with Crippen LogP contribution in [0.3, 0.4) is 0 Å². The van der Waals surface area contributed by atoms with Crippen LogP contribution in [0.2, 0.25) is 0 Å². The first kappa shape index (κ1) is 14.9. The van der Waals surface area contributed by atoms with Crippen LogP contribution in [0.5, 0.6) is 11.5 Å². The SMILES string of the molecule is COc1ccc(CC(=O)Nc2ccccc2C)cc1OC. The summed E-state index contributed by atoms with van der Waals surface area (Å²) in [5.41, 5.74) is 2.75. The predicted molar refractivity (Wildman–Crippen MR) is 83.1 cm³/mol. The fourth-order valence-electron chi connectivity index (χ4n) is 2.08. The number of nitrogens with one attached hydrogen (secondary N) is 1. The lowest BCUT2D eigenvalue weighted by Crippen LogP contribution is -2.15. The van der Waals surface area contributed by atoms with E-state index in [1.165, 1.54) is 0 Å². The highest BCUT2D eigenvalue weighted by molar-refractivity contribution is 5.93. The number of anilines is 1. The molecule has 0 unspecified atom stereocenters. The first-order valence-corrected chi connectivity index (χ1v) is 6.70. The molecule has 0 atom stereocenters. The Hall–Kier alpha value is -2.49. The van der Waals surface area contributed by atoms with Crippen molar-refractivity contribution < 1.29 is 14.3 Å². The van der Waals surface area contributed by atoms with Gasteiger partial charge in [0, 0.05) is 5.69 Å². The number of ether oxygens (including phenoxy) is 2. The van der Waals surface area contributed by atoms with E-state index in [-0.39, 0.29) is 12.3 Å². The monoisotopic (exact) mass is 285 g/mol. The first-order valence-electron chi connectivity index (χ1n) is 6.70. The van der Waals surface area contributed by atoms with E-state index in [4.69, 9.17) is 9.47 Å². The number of amides is 1. The van der Waals surface area contributed by atoms with Crippen LogP contribution in [0.1, 0.15) is 11.1 Å². The van der Waals surface area contributed by atoms with Crippen LogP contribution < -0.4 is 14.8 Å². The second kappa shape index (κ2) is 6.79. The maximum absolute atomic E-state index is 12.1. The Labute approximate surface area is 124 Å². The van der Waals surface area contributed by atoms with E-state index in [1.807, 2.05) is 43.3 Å². The van der Waals surface area contributed by atoms with Gasteiger partial charge in [0.05, 0.1) is 20.6 Å². The van der Waals surface area contributed by atoms with E-state index in [1.54, 1.807) is 20.3 Å². The number of para-hydroxylation sites is 1. The van der Waals surface area contributed by atoms with E-state index < -0.39 is 0 Å². The average molecular weight is 285 g/mol. The molecular weight excluding hydrogens is 266 g/mol. The number of rotatable bonds is 5. The highest BCUT2D eigenvalue weighted by Gasteiger charge is 2.09. The molecule has 0 radical (unpaired) electrons. The molecule has 0 aliphatic heterocycles. The molecule has 0 aliphatic rings. The summed E-state index contributed by atoms with van der Waals surface area (Å²) in [5, 5.41) is 2.91. The molecule has 0 bridgehead atoms. The van der Waals surface area contributed by atoms with Crippen LogP contribution in [0.15, 0.2) is 42.5 Å². The van der Waals surface area contributed by atoms with E-state index in [9.17, 15) is 4.79 Å². The number of hydrogen-bond donors (Lipinski definition) is 1. The molecule has 2 aromatic carbocycles. The Bertz CT molecular complexity index is 638. The first-order chi connectivity index (χ1) is 10.1. The highest BCUT2D eigenvalue weighted by Crippen LogP contribution is 2.27. The number of benzene rings is 2. The van der Waals surface area contributed by atoms with E-state index >= 15 is 0 Å². The van der Waals surface area contributed by atoms with Crippen LogP contribution in [-0.2, 0) is 11.2 Å². The Balaban J connectivity index is 2.08. The van der Waals surface area contributed by atoms with Gasteiger partial charge in [-0.2, -0.15) is 0 Å².